The zero-order chi connectivity index (χ0) is 20.6. The summed E-state index contributed by atoms with van der Waals surface area (Å²) in [6, 6.07) is 6.15. The summed E-state index contributed by atoms with van der Waals surface area (Å²) in [6.45, 7) is 1.85. The average molecular weight is 435 g/mol. The van der Waals surface area contributed by atoms with E-state index in [4.69, 9.17) is 0 Å². The van der Waals surface area contributed by atoms with Crippen LogP contribution < -0.4 is 5.32 Å². The zero-order valence-corrected chi connectivity index (χ0v) is 18.4. The van der Waals surface area contributed by atoms with Crippen LogP contribution in [0.1, 0.15) is 36.7 Å². The molecule has 2 atom stereocenters. The first-order valence-corrected chi connectivity index (χ1v) is 12.7. The fraction of sp³-hybridized carbons (Fsp3) is 0.550. The van der Waals surface area contributed by atoms with Crippen molar-refractivity contribution in [2.45, 2.75) is 49.4 Å². The van der Waals surface area contributed by atoms with E-state index in [-0.39, 0.29) is 28.6 Å². The molecule has 1 fully saturated rings. The minimum absolute atomic E-state index is 0.0700. The molecule has 2 aromatic rings. The lowest BCUT2D eigenvalue weighted by atomic mass is 10.1. The Morgan fingerprint density at radius 1 is 1.31 bits per heavy atom. The predicted octanol–water partition coefficient (Wildman–Crippen LogP) is 2.40. The van der Waals surface area contributed by atoms with Gasteiger partial charge in [0.25, 0.3) is 0 Å². The fourth-order valence-corrected chi connectivity index (χ4v) is 6.72. The molecule has 1 saturated heterocycles. The highest BCUT2D eigenvalue weighted by molar-refractivity contribution is 8.00. The molecule has 1 N–H and O–H groups in total. The van der Waals surface area contributed by atoms with Crippen LogP contribution in [0.3, 0.4) is 0 Å². The van der Waals surface area contributed by atoms with Crippen molar-refractivity contribution in [2.24, 2.45) is 13.0 Å². The number of sulfone groups is 1. The third-order valence-electron chi connectivity index (χ3n) is 5.74. The van der Waals surface area contributed by atoms with Gasteiger partial charge in [-0.25, -0.2) is 8.42 Å². The lowest BCUT2D eigenvalue weighted by Crippen LogP contribution is -2.23. The lowest BCUT2D eigenvalue weighted by Gasteiger charge is -2.13. The van der Waals surface area contributed by atoms with Crippen LogP contribution in [-0.2, 0) is 40.9 Å². The molecule has 1 aromatic carbocycles. The number of carbonyl (C=O) groups is 1. The van der Waals surface area contributed by atoms with E-state index in [0.717, 1.165) is 24.4 Å². The molecule has 0 saturated carbocycles. The van der Waals surface area contributed by atoms with Gasteiger partial charge in [0, 0.05) is 19.2 Å². The molecule has 4 rings (SSSR count). The van der Waals surface area contributed by atoms with E-state index < -0.39 is 9.84 Å². The number of hydrogen-bond donors (Lipinski definition) is 1. The van der Waals surface area contributed by atoms with E-state index in [1.54, 1.807) is 0 Å². The van der Waals surface area contributed by atoms with Crippen LogP contribution in [0, 0.1) is 5.92 Å². The zero-order valence-electron chi connectivity index (χ0n) is 16.7. The molecule has 0 bridgehead atoms. The van der Waals surface area contributed by atoms with Crippen LogP contribution in [0.15, 0.2) is 23.4 Å². The number of aryl methyl sites for hydroxylation is 2. The van der Waals surface area contributed by atoms with E-state index in [1.807, 2.05) is 24.6 Å². The molecule has 2 aliphatic rings. The van der Waals surface area contributed by atoms with Crippen molar-refractivity contribution in [3.05, 3.63) is 35.2 Å². The van der Waals surface area contributed by atoms with Gasteiger partial charge in [0.2, 0.25) is 5.91 Å². The summed E-state index contributed by atoms with van der Waals surface area (Å²) in [6.07, 6.45) is 4.65. The molecule has 1 aliphatic heterocycles. The molecule has 9 heteroatoms. The molecule has 2 heterocycles. The van der Waals surface area contributed by atoms with Crippen LogP contribution in [0.4, 0.5) is 5.69 Å². The minimum Gasteiger partial charge on any atom is -0.325 e. The molecule has 1 amide bonds. The number of fused-ring (bicyclic) bond motifs is 1. The van der Waals surface area contributed by atoms with Crippen LogP contribution in [0.5, 0.6) is 0 Å². The average Bonchev–Trinajstić information content (AvgIpc) is 3.36. The second-order valence-corrected chi connectivity index (χ2v) is 11.6. The number of rotatable bonds is 6. The second-order valence-electron chi connectivity index (χ2n) is 8.02. The van der Waals surface area contributed by atoms with Crippen molar-refractivity contribution in [1.82, 2.24) is 14.8 Å². The van der Waals surface area contributed by atoms with Crippen LogP contribution >= 0.6 is 11.8 Å². The van der Waals surface area contributed by atoms with Gasteiger partial charge in [-0.05, 0) is 61.8 Å². The van der Waals surface area contributed by atoms with Crippen molar-refractivity contribution in [3.8, 4) is 0 Å². The molecule has 1 aromatic heterocycles. The highest BCUT2D eigenvalue weighted by Crippen LogP contribution is 2.28. The third kappa shape index (κ3) is 4.66. The number of anilines is 1. The number of carbonyl (C=O) groups excluding carboxylic acids is 1. The number of nitrogens with one attached hydrogen (secondary N) is 1. The van der Waals surface area contributed by atoms with Crippen LogP contribution in [0.25, 0.3) is 0 Å². The molecular formula is C20H26N4O3S2. The lowest BCUT2D eigenvalue weighted by molar-refractivity contribution is -0.115. The minimum atomic E-state index is -2.90. The van der Waals surface area contributed by atoms with Gasteiger partial charge in [0.1, 0.15) is 5.82 Å². The van der Waals surface area contributed by atoms with Gasteiger partial charge < -0.3 is 9.88 Å². The number of benzene rings is 1. The van der Waals surface area contributed by atoms with Gasteiger partial charge >= 0.3 is 0 Å². The smallest absolute Gasteiger partial charge is 0.237 e. The van der Waals surface area contributed by atoms with Gasteiger partial charge in [-0.15, -0.1) is 10.2 Å². The van der Waals surface area contributed by atoms with Crippen LogP contribution in [0.2, 0.25) is 0 Å². The highest BCUT2D eigenvalue weighted by Gasteiger charge is 2.29. The summed E-state index contributed by atoms with van der Waals surface area (Å²) < 4.78 is 25.2. The Kier molecular flexibility index (Phi) is 5.70. The maximum Gasteiger partial charge on any atom is 0.237 e. The number of aromatic nitrogens is 3. The first kappa shape index (κ1) is 20.4. The Morgan fingerprint density at radius 2 is 2.10 bits per heavy atom. The fourth-order valence-electron chi connectivity index (χ4n) is 4.02. The Bertz CT molecular complexity index is 1030. The monoisotopic (exact) mass is 434 g/mol. The molecule has 0 unspecified atom stereocenters. The number of thioether (sulfide) groups is 1. The molecule has 0 spiro atoms. The van der Waals surface area contributed by atoms with Gasteiger partial charge in [0.05, 0.1) is 16.8 Å². The second kappa shape index (κ2) is 8.10. The van der Waals surface area contributed by atoms with Crippen molar-refractivity contribution >= 4 is 33.2 Å². The van der Waals surface area contributed by atoms with Gasteiger partial charge in [-0.1, -0.05) is 17.8 Å². The summed E-state index contributed by atoms with van der Waals surface area (Å²) >= 11 is 1.36. The summed E-state index contributed by atoms with van der Waals surface area (Å²) in [5, 5.41) is 11.8. The predicted molar refractivity (Wildman–Crippen MR) is 114 cm³/mol. The Morgan fingerprint density at radius 3 is 2.86 bits per heavy atom. The SMILES string of the molecule is C[C@@H](Sc1nnc(C[C@@H]2CCS(=O)(=O)C2)n1C)C(=O)Nc1ccc2c(c1)CCC2. The number of nitrogens with zero attached hydrogens (tertiary/aromatic N) is 3. The van der Waals surface area contributed by atoms with E-state index in [2.05, 4.69) is 27.6 Å². The molecular weight excluding hydrogens is 408 g/mol. The Labute approximate surface area is 175 Å². The summed E-state index contributed by atoms with van der Waals surface area (Å²) in [5.41, 5.74) is 3.55. The Balaban J connectivity index is 1.36. The van der Waals surface area contributed by atoms with E-state index in [9.17, 15) is 13.2 Å². The highest BCUT2D eigenvalue weighted by atomic mass is 32.2. The summed E-state index contributed by atoms with van der Waals surface area (Å²) in [4.78, 5) is 12.6. The first-order chi connectivity index (χ1) is 13.8. The van der Waals surface area contributed by atoms with Crippen molar-refractivity contribution in [3.63, 3.8) is 0 Å². The van der Waals surface area contributed by atoms with Gasteiger partial charge in [-0.2, -0.15) is 0 Å². The quantitative estimate of drug-likeness (QED) is 0.702. The molecule has 156 valence electrons. The normalized spacial score (nSPS) is 21.1. The maximum absolute atomic E-state index is 12.6. The van der Waals surface area contributed by atoms with E-state index >= 15 is 0 Å². The summed E-state index contributed by atoms with van der Waals surface area (Å²) in [7, 11) is -1.03. The molecule has 0 radical (unpaired) electrons. The number of hydrogen-bond acceptors (Lipinski definition) is 6. The van der Waals surface area contributed by atoms with Gasteiger partial charge in [0.15, 0.2) is 15.0 Å². The summed E-state index contributed by atoms with van der Waals surface area (Å²) in [5.74, 6) is 1.28. The van der Waals surface area contributed by atoms with Crippen LogP contribution in [-0.4, -0.2) is 45.8 Å². The standard InChI is InChI=1S/C20H26N4O3S2/c1-13(19(25)21-17-7-6-15-4-3-5-16(15)11-17)28-20-23-22-18(24(20)2)10-14-8-9-29(26,27)12-14/h6-7,11,13-14H,3-5,8-10,12H2,1-2H3,(H,21,25)/t13-,14+/m1/s1. The number of amides is 1. The third-order valence-corrected chi connectivity index (χ3v) is 8.71. The molecule has 1 aliphatic carbocycles. The molecule has 29 heavy (non-hydrogen) atoms. The van der Waals surface area contributed by atoms with Gasteiger partial charge in [-0.3, -0.25) is 4.79 Å². The van der Waals surface area contributed by atoms with Crippen molar-refractivity contribution in [1.29, 1.82) is 0 Å². The van der Waals surface area contributed by atoms with E-state index in [1.165, 1.54) is 29.3 Å². The topological polar surface area (TPSA) is 93.9 Å². The Hall–Kier alpha value is -1.87. The van der Waals surface area contributed by atoms with E-state index in [0.29, 0.717) is 18.0 Å². The van der Waals surface area contributed by atoms with Crippen molar-refractivity contribution < 1.29 is 13.2 Å². The first-order valence-electron chi connectivity index (χ1n) is 9.99. The molecule has 7 nitrogen and oxygen atoms in total. The maximum atomic E-state index is 12.6. The largest absolute Gasteiger partial charge is 0.325 e. The van der Waals surface area contributed by atoms with Crippen molar-refractivity contribution in [2.75, 3.05) is 16.8 Å².